The van der Waals surface area contributed by atoms with E-state index in [2.05, 4.69) is 12.2 Å². The zero-order valence-corrected chi connectivity index (χ0v) is 10.7. The molecule has 3 N–H and O–H groups in total. The highest BCUT2D eigenvalue weighted by molar-refractivity contribution is 7.71. The van der Waals surface area contributed by atoms with E-state index < -0.39 is 46.9 Å². The molecule has 0 amide bonds. The maximum atomic E-state index is 14.4. The Hall–Kier alpha value is -1.16. The molecule has 1 aromatic rings. The van der Waals surface area contributed by atoms with Crippen LogP contribution in [0.4, 0.5) is 8.78 Å². The molecule has 0 radical (unpaired) electrons. The standard InChI is InChI=1S/C10H12F2N2O4S/c1-10(12)6(16)5(3-15)18-8(10)14-2-4(11)7(19)13-9(14)17/h2,5-6,8,15-16H,3H2,1H3,(H,13,17,19)/t5-,6+,8-,10?/m1/s1. The number of aliphatic hydroxyl groups is 2. The molecule has 19 heavy (non-hydrogen) atoms. The lowest BCUT2D eigenvalue weighted by Crippen LogP contribution is -2.43. The average molecular weight is 294 g/mol. The van der Waals surface area contributed by atoms with E-state index in [1.807, 2.05) is 4.98 Å². The Balaban J connectivity index is 2.51. The van der Waals surface area contributed by atoms with Gasteiger partial charge in [0.1, 0.15) is 16.8 Å². The molecule has 2 heterocycles. The number of aromatic nitrogens is 2. The number of rotatable bonds is 2. The van der Waals surface area contributed by atoms with Gasteiger partial charge in [-0.3, -0.25) is 9.55 Å². The summed E-state index contributed by atoms with van der Waals surface area (Å²) >= 11 is 4.53. The first-order valence-corrected chi connectivity index (χ1v) is 5.84. The smallest absolute Gasteiger partial charge is 0.328 e. The second-order valence-corrected chi connectivity index (χ2v) is 4.86. The van der Waals surface area contributed by atoms with Crippen molar-refractivity contribution in [3.63, 3.8) is 0 Å². The zero-order chi connectivity index (χ0) is 14.4. The van der Waals surface area contributed by atoms with Crippen LogP contribution in [0.1, 0.15) is 13.2 Å². The van der Waals surface area contributed by atoms with Gasteiger partial charge in [0.15, 0.2) is 17.7 Å². The number of aliphatic hydroxyl groups excluding tert-OH is 2. The first-order valence-electron chi connectivity index (χ1n) is 5.43. The van der Waals surface area contributed by atoms with Gasteiger partial charge in [-0.15, -0.1) is 0 Å². The van der Waals surface area contributed by atoms with E-state index in [4.69, 9.17) is 9.84 Å². The van der Waals surface area contributed by atoms with Crippen molar-refractivity contribution in [1.82, 2.24) is 9.55 Å². The third kappa shape index (κ3) is 2.22. The van der Waals surface area contributed by atoms with E-state index in [0.717, 1.165) is 6.92 Å². The van der Waals surface area contributed by atoms with Crippen LogP contribution in [0.3, 0.4) is 0 Å². The van der Waals surface area contributed by atoms with E-state index in [1.165, 1.54) is 0 Å². The number of H-pyrrole nitrogens is 1. The third-order valence-electron chi connectivity index (χ3n) is 3.07. The lowest BCUT2D eigenvalue weighted by molar-refractivity contribution is -0.0615. The number of ether oxygens (including phenoxy) is 1. The van der Waals surface area contributed by atoms with Crippen LogP contribution >= 0.6 is 12.2 Å². The van der Waals surface area contributed by atoms with E-state index in [0.29, 0.717) is 10.8 Å². The molecule has 1 saturated heterocycles. The molecule has 4 atom stereocenters. The Morgan fingerprint density at radius 2 is 2.32 bits per heavy atom. The third-order valence-corrected chi connectivity index (χ3v) is 3.37. The molecule has 0 aromatic carbocycles. The number of hydrogen-bond donors (Lipinski definition) is 3. The number of halogens is 2. The minimum absolute atomic E-state index is 0.404. The molecule has 6 nitrogen and oxygen atoms in total. The summed E-state index contributed by atoms with van der Waals surface area (Å²) in [4.78, 5) is 13.7. The fourth-order valence-electron chi connectivity index (χ4n) is 2.00. The van der Waals surface area contributed by atoms with Gasteiger partial charge < -0.3 is 14.9 Å². The summed E-state index contributed by atoms with van der Waals surface area (Å²) in [5.41, 5.74) is -3.23. The van der Waals surface area contributed by atoms with Crippen molar-refractivity contribution in [3.8, 4) is 0 Å². The Morgan fingerprint density at radius 1 is 1.68 bits per heavy atom. The monoisotopic (exact) mass is 294 g/mol. The number of nitrogens with one attached hydrogen (secondary N) is 1. The van der Waals surface area contributed by atoms with Crippen LogP contribution in [0.2, 0.25) is 0 Å². The average Bonchev–Trinajstić information content (AvgIpc) is 2.56. The fourth-order valence-corrected chi connectivity index (χ4v) is 2.14. The summed E-state index contributed by atoms with van der Waals surface area (Å²) in [7, 11) is 0. The number of hydrogen-bond acceptors (Lipinski definition) is 5. The Morgan fingerprint density at radius 3 is 2.84 bits per heavy atom. The molecule has 2 rings (SSSR count). The van der Waals surface area contributed by atoms with E-state index >= 15 is 0 Å². The summed E-state index contributed by atoms with van der Waals surface area (Å²) < 4.78 is 33.0. The maximum Gasteiger partial charge on any atom is 0.328 e. The summed E-state index contributed by atoms with van der Waals surface area (Å²) in [5, 5.41) is 18.6. The summed E-state index contributed by atoms with van der Waals surface area (Å²) in [5.74, 6) is -0.920. The van der Waals surface area contributed by atoms with Crippen molar-refractivity contribution < 1.29 is 23.7 Å². The molecule has 1 unspecified atom stereocenters. The van der Waals surface area contributed by atoms with Crippen molar-refractivity contribution in [2.24, 2.45) is 0 Å². The quantitative estimate of drug-likeness (QED) is 0.670. The van der Waals surface area contributed by atoms with Crippen molar-refractivity contribution in [3.05, 3.63) is 27.1 Å². The van der Waals surface area contributed by atoms with Crippen LogP contribution in [0.5, 0.6) is 0 Å². The summed E-state index contributed by atoms with van der Waals surface area (Å²) in [6.45, 7) is 0.376. The SMILES string of the molecule is CC1(F)[C@@H](O)[C@@H](CO)O[C@H]1n1cc(F)c(=S)[nH]c1=O. The summed E-state index contributed by atoms with van der Waals surface area (Å²) in [6.07, 6.45) is -3.69. The lowest BCUT2D eigenvalue weighted by atomic mass is 9.98. The van der Waals surface area contributed by atoms with Gasteiger partial charge in [-0.1, -0.05) is 12.2 Å². The maximum absolute atomic E-state index is 14.4. The predicted octanol–water partition coefficient (Wildman–Crippen LogP) is 0.0238. The molecular formula is C10H12F2N2O4S. The van der Waals surface area contributed by atoms with E-state index in [1.54, 1.807) is 0 Å². The number of alkyl halides is 1. The topological polar surface area (TPSA) is 87.5 Å². The van der Waals surface area contributed by atoms with Gasteiger partial charge in [-0.05, 0) is 6.92 Å². The van der Waals surface area contributed by atoms with Crippen LogP contribution < -0.4 is 5.69 Å². The van der Waals surface area contributed by atoms with Gasteiger partial charge in [0, 0.05) is 0 Å². The molecule has 1 fully saturated rings. The van der Waals surface area contributed by atoms with Gasteiger partial charge in [0.25, 0.3) is 0 Å². The summed E-state index contributed by atoms with van der Waals surface area (Å²) in [6, 6.07) is 0. The lowest BCUT2D eigenvalue weighted by Gasteiger charge is -2.24. The van der Waals surface area contributed by atoms with E-state index in [9.17, 15) is 18.7 Å². The largest absolute Gasteiger partial charge is 0.394 e. The second kappa shape index (κ2) is 4.75. The molecule has 1 aromatic heterocycles. The van der Waals surface area contributed by atoms with E-state index in [-0.39, 0.29) is 0 Å². The Kier molecular flexibility index (Phi) is 3.56. The first-order chi connectivity index (χ1) is 8.78. The van der Waals surface area contributed by atoms with Crippen molar-refractivity contribution in [2.45, 2.75) is 31.0 Å². The fraction of sp³-hybridized carbons (Fsp3) is 0.600. The van der Waals surface area contributed by atoms with Crippen molar-refractivity contribution in [2.75, 3.05) is 6.61 Å². The normalized spacial score (nSPS) is 34.7. The molecule has 0 spiro atoms. The molecule has 9 heteroatoms. The van der Waals surface area contributed by atoms with Crippen molar-refractivity contribution >= 4 is 12.2 Å². The molecule has 1 aliphatic rings. The second-order valence-electron chi connectivity index (χ2n) is 4.45. The Bertz CT molecular complexity index is 600. The van der Waals surface area contributed by atoms with Crippen LogP contribution in [0, 0.1) is 10.5 Å². The molecule has 0 bridgehead atoms. The van der Waals surface area contributed by atoms with Crippen LogP contribution in [0.25, 0.3) is 0 Å². The highest BCUT2D eigenvalue weighted by Gasteiger charge is 2.55. The van der Waals surface area contributed by atoms with Gasteiger partial charge in [0.05, 0.1) is 12.8 Å². The molecule has 106 valence electrons. The zero-order valence-electron chi connectivity index (χ0n) is 9.84. The number of aromatic amines is 1. The predicted molar refractivity (Wildman–Crippen MR) is 62.4 cm³/mol. The molecule has 1 aliphatic heterocycles. The van der Waals surface area contributed by atoms with Crippen LogP contribution in [-0.2, 0) is 4.74 Å². The van der Waals surface area contributed by atoms with Crippen LogP contribution in [0.15, 0.2) is 11.0 Å². The minimum Gasteiger partial charge on any atom is -0.394 e. The van der Waals surface area contributed by atoms with Crippen LogP contribution in [-0.4, -0.2) is 44.2 Å². The first kappa shape index (κ1) is 14.3. The number of nitrogens with zero attached hydrogens (tertiary/aromatic N) is 1. The highest BCUT2D eigenvalue weighted by Crippen LogP contribution is 2.40. The van der Waals surface area contributed by atoms with Gasteiger partial charge >= 0.3 is 5.69 Å². The molecular weight excluding hydrogens is 282 g/mol. The molecule has 0 aliphatic carbocycles. The van der Waals surface area contributed by atoms with Crippen molar-refractivity contribution in [1.29, 1.82) is 0 Å². The van der Waals surface area contributed by atoms with Gasteiger partial charge in [-0.2, -0.15) is 0 Å². The Labute approximate surface area is 111 Å². The molecule has 0 saturated carbocycles. The minimum atomic E-state index is -2.36. The van der Waals surface area contributed by atoms with Gasteiger partial charge in [0.2, 0.25) is 0 Å². The van der Waals surface area contributed by atoms with Gasteiger partial charge in [-0.25, -0.2) is 13.6 Å². The highest BCUT2D eigenvalue weighted by atomic mass is 32.1.